The Balaban J connectivity index is 2.15. The van der Waals surface area contributed by atoms with E-state index in [0.717, 1.165) is 11.6 Å². The Morgan fingerprint density at radius 2 is 1.88 bits per heavy atom. The molecular formula is C18H20F2N2O2. The highest BCUT2D eigenvalue weighted by Crippen LogP contribution is 2.21. The number of halogens is 2. The zero-order chi connectivity index (χ0) is 17.7. The summed E-state index contributed by atoms with van der Waals surface area (Å²) < 4.78 is 31.9. The van der Waals surface area contributed by atoms with Crippen LogP contribution in [0.25, 0.3) is 0 Å². The smallest absolute Gasteiger partial charge is 0.255 e. The first kappa shape index (κ1) is 17.9. The molecule has 0 fully saturated rings. The fourth-order valence-corrected chi connectivity index (χ4v) is 2.45. The van der Waals surface area contributed by atoms with Gasteiger partial charge >= 0.3 is 0 Å². The molecule has 1 unspecified atom stereocenters. The first-order valence-electron chi connectivity index (χ1n) is 7.46. The number of methoxy groups -OCH3 is 1. The summed E-state index contributed by atoms with van der Waals surface area (Å²) in [4.78, 5) is 14.2. The molecule has 128 valence electrons. The molecule has 0 saturated carbocycles. The Labute approximate surface area is 140 Å². The third kappa shape index (κ3) is 4.29. The van der Waals surface area contributed by atoms with Gasteiger partial charge in [0, 0.05) is 6.54 Å². The second kappa shape index (κ2) is 7.88. The topological polar surface area (TPSA) is 41.6 Å². The number of amides is 1. The lowest BCUT2D eigenvalue weighted by Gasteiger charge is -2.25. The highest BCUT2D eigenvalue weighted by molar-refractivity contribution is 5.96. The van der Waals surface area contributed by atoms with E-state index < -0.39 is 11.7 Å². The first-order valence-corrected chi connectivity index (χ1v) is 7.46. The second-order valence-electron chi connectivity index (χ2n) is 5.59. The molecule has 2 aromatic rings. The van der Waals surface area contributed by atoms with Gasteiger partial charge in [0.25, 0.3) is 5.91 Å². The van der Waals surface area contributed by atoms with Crippen molar-refractivity contribution in [3.63, 3.8) is 0 Å². The van der Waals surface area contributed by atoms with Crippen molar-refractivity contribution in [1.82, 2.24) is 10.2 Å². The van der Waals surface area contributed by atoms with Gasteiger partial charge in [-0.1, -0.05) is 12.1 Å². The number of rotatable bonds is 6. The normalized spacial score (nSPS) is 12.1. The highest BCUT2D eigenvalue weighted by Gasteiger charge is 2.18. The van der Waals surface area contributed by atoms with E-state index in [4.69, 9.17) is 4.74 Å². The van der Waals surface area contributed by atoms with E-state index in [1.54, 1.807) is 12.1 Å². The number of hydrogen-bond donors (Lipinski definition) is 1. The van der Waals surface area contributed by atoms with Gasteiger partial charge in [0.05, 0.1) is 18.7 Å². The summed E-state index contributed by atoms with van der Waals surface area (Å²) in [7, 11) is 5.09. The van der Waals surface area contributed by atoms with Gasteiger partial charge in [0.2, 0.25) is 0 Å². The third-order valence-electron chi connectivity index (χ3n) is 3.72. The van der Waals surface area contributed by atoms with Crippen molar-refractivity contribution in [2.24, 2.45) is 0 Å². The van der Waals surface area contributed by atoms with Crippen LogP contribution >= 0.6 is 0 Å². The van der Waals surface area contributed by atoms with Gasteiger partial charge in [-0.25, -0.2) is 8.78 Å². The Kier molecular flexibility index (Phi) is 5.87. The lowest BCUT2D eigenvalue weighted by Crippen LogP contribution is -2.34. The summed E-state index contributed by atoms with van der Waals surface area (Å²) in [6.07, 6.45) is 0. The minimum atomic E-state index is -0.518. The van der Waals surface area contributed by atoms with Crippen LogP contribution in [0.5, 0.6) is 5.75 Å². The van der Waals surface area contributed by atoms with E-state index in [2.05, 4.69) is 5.32 Å². The van der Waals surface area contributed by atoms with Crippen molar-refractivity contribution in [3.8, 4) is 5.75 Å². The third-order valence-corrected chi connectivity index (χ3v) is 3.72. The summed E-state index contributed by atoms with van der Waals surface area (Å²) in [5.74, 6) is -1.01. The molecule has 2 rings (SSSR count). The van der Waals surface area contributed by atoms with Gasteiger partial charge in [0.15, 0.2) is 0 Å². The predicted octanol–water partition coefficient (Wildman–Crippen LogP) is 3.01. The molecule has 1 atom stereocenters. The summed E-state index contributed by atoms with van der Waals surface area (Å²) in [5, 5.41) is 2.75. The van der Waals surface area contributed by atoms with E-state index in [0.29, 0.717) is 5.75 Å². The molecular weight excluding hydrogens is 314 g/mol. The molecule has 0 heterocycles. The molecule has 0 aromatic heterocycles. The summed E-state index contributed by atoms with van der Waals surface area (Å²) in [6, 6.07) is 9.75. The zero-order valence-corrected chi connectivity index (χ0v) is 13.8. The van der Waals surface area contributed by atoms with Crippen LogP contribution < -0.4 is 10.1 Å². The molecule has 2 aromatic carbocycles. The van der Waals surface area contributed by atoms with Crippen molar-refractivity contribution in [2.45, 2.75) is 6.04 Å². The highest BCUT2D eigenvalue weighted by atomic mass is 19.1. The molecule has 1 N–H and O–H groups in total. The standard InChI is InChI=1S/C18H20F2N2O2/c1-22(2)16(12-5-4-6-13(19)9-12)11-21-18(23)15-10-14(20)7-8-17(15)24-3/h4-10,16H,11H2,1-3H3,(H,21,23). The van der Waals surface area contributed by atoms with Gasteiger partial charge in [-0.05, 0) is 50.0 Å². The SMILES string of the molecule is COc1ccc(F)cc1C(=O)NCC(c1cccc(F)c1)N(C)C. The van der Waals surface area contributed by atoms with Crippen LogP contribution in [0.2, 0.25) is 0 Å². The number of benzene rings is 2. The van der Waals surface area contributed by atoms with Crippen LogP contribution in [0.3, 0.4) is 0 Å². The molecule has 0 aliphatic heterocycles. The molecule has 4 nitrogen and oxygen atoms in total. The Hall–Kier alpha value is -2.47. The molecule has 0 radical (unpaired) electrons. The number of carbonyl (C=O) groups is 1. The number of ether oxygens (including phenoxy) is 1. The van der Waals surface area contributed by atoms with Crippen molar-refractivity contribution < 1.29 is 18.3 Å². The monoisotopic (exact) mass is 334 g/mol. The van der Waals surface area contributed by atoms with Crippen LogP contribution in [0.1, 0.15) is 22.0 Å². The number of hydrogen-bond acceptors (Lipinski definition) is 3. The van der Waals surface area contributed by atoms with Gasteiger partial charge < -0.3 is 15.0 Å². The number of carbonyl (C=O) groups excluding carboxylic acids is 1. The molecule has 0 aliphatic carbocycles. The lowest BCUT2D eigenvalue weighted by atomic mass is 10.1. The predicted molar refractivity (Wildman–Crippen MR) is 88.1 cm³/mol. The van der Waals surface area contributed by atoms with Crippen LogP contribution in [0.15, 0.2) is 42.5 Å². The van der Waals surface area contributed by atoms with Crippen LogP contribution in [-0.2, 0) is 0 Å². The number of nitrogens with zero attached hydrogens (tertiary/aromatic N) is 1. The molecule has 1 amide bonds. The summed E-state index contributed by atoms with van der Waals surface area (Å²) in [5.41, 5.74) is 0.862. The van der Waals surface area contributed by atoms with E-state index >= 15 is 0 Å². The van der Waals surface area contributed by atoms with Crippen molar-refractivity contribution in [2.75, 3.05) is 27.7 Å². The largest absolute Gasteiger partial charge is 0.496 e. The van der Waals surface area contributed by atoms with E-state index in [9.17, 15) is 13.6 Å². The molecule has 0 spiro atoms. The Morgan fingerprint density at radius 1 is 1.17 bits per heavy atom. The fourth-order valence-electron chi connectivity index (χ4n) is 2.45. The average Bonchev–Trinajstić information content (AvgIpc) is 2.54. The maximum atomic E-state index is 13.4. The van der Waals surface area contributed by atoms with Crippen molar-refractivity contribution in [1.29, 1.82) is 0 Å². The minimum Gasteiger partial charge on any atom is -0.496 e. The van der Waals surface area contributed by atoms with Gasteiger partial charge in [-0.15, -0.1) is 0 Å². The molecule has 6 heteroatoms. The first-order chi connectivity index (χ1) is 11.4. The summed E-state index contributed by atoms with van der Waals surface area (Å²) in [6.45, 7) is 0.245. The van der Waals surface area contributed by atoms with E-state index in [1.165, 1.54) is 31.4 Å². The average molecular weight is 334 g/mol. The maximum absolute atomic E-state index is 13.4. The van der Waals surface area contributed by atoms with Crippen molar-refractivity contribution in [3.05, 3.63) is 65.2 Å². The zero-order valence-electron chi connectivity index (χ0n) is 13.8. The van der Waals surface area contributed by atoms with Gasteiger partial charge in [-0.3, -0.25) is 4.79 Å². The Morgan fingerprint density at radius 3 is 2.50 bits per heavy atom. The molecule has 24 heavy (non-hydrogen) atoms. The van der Waals surface area contributed by atoms with E-state index in [1.807, 2.05) is 19.0 Å². The van der Waals surface area contributed by atoms with Crippen LogP contribution in [-0.4, -0.2) is 38.6 Å². The molecule has 0 aliphatic rings. The van der Waals surface area contributed by atoms with E-state index in [-0.39, 0.29) is 24.0 Å². The number of nitrogens with one attached hydrogen (secondary N) is 1. The van der Waals surface area contributed by atoms with Gasteiger partial charge in [0.1, 0.15) is 17.4 Å². The number of likely N-dealkylation sites (N-methyl/N-ethyl adjacent to an activating group) is 1. The summed E-state index contributed by atoms with van der Waals surface area (Å²) >= 11 is 0. The molecule has 0 saturated heterocycles. The fraction of sp³-hybridized carbons (Fsp3) is 0.278. The quantitative estimate of drug-likeness (QED) is 0.883. The van der Waals surface area contributed by atoms with Gasteiger partial charge in [-0.2, -0.15) is 0 Å². The second-order valence-corrected chi connectivity index (χ2v) is 5.59. The van der Waals surface area contributed by atoms with Crippen LogP contribution in [0.4, 0.5) is 8.78 Å². The van der Waals surface area contributed by atoms with Crippen molar-refractivity contribution >= 4 is 5.91 Å². The Bertz CT molecular complexity index is 720. The maximum Gasteiger partial charge on any atom is 0.255 e. The molecule has 0 bridgehead atoms. The van der Waals surface area contributed by atoms with Crippen LogP contribution in [0, 0.1) is 11.6 Å². The minimum absolute atomic E-state index is 0.120. The lowest BCUT2D eigenvalue weighted by molar-refractivity contribution is 0.0938.